The van der Waals surface area contributed by atoms with E-state index in [1.807, 2.05) is 0 Å². The fourth-order valence-corrected chi connectivity index (χ4v) is 3.38. The van der Waals surface area contributed by atoms with Crippen molar-refractivity contribution in [2.45, 2.75) is 65.2 Å². The van der Waals surface area contributed by atoms with Crippen LogP contribution in [0.5, 0.6) is 0 Å². The van der Waals surface area contributed by atoms with E-state index in [-0.39, 0.29) is 5.41 Å². The molecule has 3 nitrogen and oxygen atoms in total. The molecule has 0 spiro atoms. The molecule has 1 aliphatic carbocycles. The smallest absolute Gasteiger partial charge is 0.202 e. The number of nitrogens with one attached hydrogen (secondary N) is 1. The highest BCUT2D eigenvalue weighted by atomic mass is 32.1. The van der Waals surface area contributed by atoms with E-state index in [9.17, 15) is 0 Å². The molecular weight excluding hydrogens is 254 g/mol. The fourth-order valence-electron chi connectivity index (χ4n) is 2.60. The Morgan fingerprint density at radius 2 is 1.89 bits per heavy atom. The Morgan fingerprint density at radius 3 is 2.47 bits per heavy atom. The van der Waals surface area contributed by atoms with Gasteiger partial charge in [0.25, 0.3) is 0 Å². The minimum absolute atomic E-state index is 0.0515. The molecule has 0 radical (unpaired) electrons. The largest absolute Gasteiger partial charge is 0.360 e. The van der Waals surface area contributed by atoms with Crippen molar-refractivity contribution in [2.24, 2.45) is 11.8 Å². The first-order valence-corrected chi connectivity index (χ1v) is 8.30. The number of anilines is 1. The highest BCUT2D eigenvalue weighted by Gasteiger charge is 2.20. The molecule has 4 heteroatoms. The molecule has 1 heterocycles. The summed E-state index contributed by atoms with van der Waals surface area (Å²) in [7, 11) is 0. The average Bonchev–Trinajstić information content (AvgIpc) is 2.80. The van der Waals surface area contributed by atoms with Crippen LogP contribution in [0.4, 0.5) is 5.13 Å². The zero-order valence-electron chi connectivity index (χ0n) is 12.7. The molecule has 2 rings (SSSR count). The van der Waals surface area contributed by atoms with Crippen LogP contribution >= 0.6 is 11.5 Å². The molecule has 0 aromatic carbocycles. The van der Waals surface area contributed by atoms with Gasteiger partial charge >= 0.3 is 0 Å². The van der Waals surface area contributed by atoms with Crippen molar-refractivity contribution in [3.8, 4) is 0 Å². The van der Waals surface area contributed by atoms with Gasteiger partial charge in [-0.1, -0.05) is 53.4 Å². The van der Waals surface area contributed by atoms with Gasteiger partial charge in [0.1, 0.15) is 5.82 Å². The second-order valence-corrected chi connectivity index (χ2v) is 7.77. The Labute approximate surface area is 121 Å². The summed E-state index contributed by atoms with van der Waals surface area (Å²) in [6, 6.07) is 0. The number of nitrogens with zero attached hydrogens (tertiary/aromatic N) is 2. The van der Waals surface area contributed by atoms with Crippen LogP contribution < -0.4 is 5.32 Å². The van der Waals surface area contributed by atoms with Gasteiger partial charge in [-0.05, 0) is 18.3 Å². The minimum Gasteiger partial charge on any atom is -0.360 e. The van der Waals surface area contributed by atoms with Crippen LogP contribution in [0.2, 0.25) is 0 Å². The predicted molar refractivity (Wildman–Crippen MR) is 82.8 cm³/mol. The van der Waals surface area contributed by atoms with Crippen LogP contribution in [-0.2, 0) is 5.41 Å². The topological polar surface area (TPSA) is 37.8 Å². The molecule has 0 bridgehead atoms. The summed E-state index contributed by atoms with van der Waals surface area (Å²) in [5.74, 6) is 2.81. The number of aromatic nitrogens is 2. The molecule has 1 saturated carbocycles. The zero-order chi connectivity index (χ0) is 13.9. The Kier molecular flexibility index (Phi) is 4.82. The standard InChI is InChI=1S/C15H27N3S/c1-11-5-7-12(8-6-11)9-10-16-14-17-13(18-19-14)15(2,3)4/h11-12H,5-10H2,1-4H3,(H,16,17,18). The Bertz CT molecular complexity index is 386. The van der Waals surface area contributed by atoms with E-state index >= 15 is 0 Å². The van der Waals surface area contributed by atoms with Crippen molar-refractivity contribution in [2.75, 3.05) is 11.9 Å². The van der Waals surface area contributed by atoms with E-state index in [0.717, 1.165) is 29.3 Å². The van der Waals surface area contributed by atoms with Crippen LogP contribution in [0.1, 0.15) is 65.6 Å². The van der Waals surface area contributed by atoms with Gasteiger partial charge in [0.15, 0.2) is 0 Å². The second kappa shape index (κ2) is 6.21. The average molecular weight is 281 g/mol. The highest BCUT2D eigenvalue weighted by molar-refractivity contribution is 7.09. The van der Waals surface area contributed by atoms with Crippen molar-refractivity contribution in [1.82, 2.24) is 9.36 Å². The highest BCUT2D eigenvalue weighted by Crippen LogP contribution is 2.30. The predicted octanol–water partition coefficient (Wildman–Crippen LogP) is 4.46. The molecule has 1 aromatic rings. The van der Waals surface area contributed by atoms with Crippen molar-refractivity contribution >= 4 is 16.7 Å². The van der Waals surface area contributed by atoms with Crippen molar-refractivity contribution in [3.05, 3.63) is 5.82 Å². The Hall–Kier alpha value is -0.640. The molecule has 108 valence electrons. The quantitative estimate of drug-likeness (QED) is 0.885. The lowest BCUT2D eigenvalue weighted by Gasteiger charge is -2.25. The summed E-state index contributed by atoms with van der Waals surface area (Å²) >= 11 is 1.49. The van der Waals surface area contributed by atoms with Crippen LogP contribution in [0.25, 0.3) is 0 Å². The minimum atomic E-state index is 0.0515. The van der Waals surface area contributed by atoms with E-state index in [4.69, 9.17) is 0 Å². The lowest BCUT2D eigenvalue weighted by Crippen LogP contribution is -2.16. The third-order valence-electron chi connectivity index (χ3n) is 4.06. The first-order valence-electron chi connectivity index (χ1n) is 7.53. The van der Waals surface area contributed by atoms with Gasteiger partial charge in [-0.25, -0.2) is 4.98 Å². The summed E-state index contributed by atoms with van der Waals surface area (Å²) in [5.41, 5.74) is 0.0515. The van der Waals surface area contributed by atoms with Gasteiger partial charge in [0, 0.05) is 23.5 Å². The number of rotatable bonds is 4. The maximum atomic E-state index is 4.57. The van der Waals surface area contributed by atoms with E-state index < -0.39 is 0 Å². The summed E-state index contributed by atoms with van der Waals surface area (Å²) < 4.78 is 4.43. The van der Waals surface area contributed by atoms with Gasteiger partial charge in [-0.2, -0.15) is 4.37 Å². The SMILES string of the molecule is CC1CCC(CCNc2nc(C(C)(C)C)ns2)CC1. The summed E-state index contributed by atoms with van der Waals surface area (Å²) in [5, 5.41) is 4.42. The molecule has 0 amide bonds. The molecular formula is C15H27N3S. The molecule has 0 unspecified atom stereocenters. The van der Waals surface area contributed by atoms with Gasteiger partial charge in [0.2, 0.25) is 5.13 Å². The van der Waals surface area contributed by atoms with Crippen molar-refractivity contribution in [1.29, 1.82) is 0 Å². The third kappa shape index (κ3) is 4.44. The molecule has 1 N–H and O–H groups in total. The van der Waals surface area contributed by atoms with Crippen LogP contribution in [0, 0.1) is 11.8 Å². The second-order valence-electron chi connectivity index (χ2n) is 7.01. The van der Waals surface area contributed by atoms with E-state index in [2.05, 4.69) is 42.4 Å². The molecule has 1 aliphatic rings. The zero-order valence-corrected chi connectivity index (χ0v) is 13.5. The lowest BCUT2D eigenvalue weighted by molar-refractivity contribution is 0.282. The monoisotopic (exact) mass is 281 g/mol. The number of hydrogen-bond acceptors (Lipinski definition) is 4. The lowest BCUT2D eigenvalue weighted by atomic mass is 9.81. The molecule has 0 aliphatic heterocycles. The van der Waals surface area contributed by atoms with Gasteiger partial charge in [-0.3, -0.25) is 0 Å². The fraction of sp³-hybridized carbons (Fsp3) is 0.867. The van der Waals surface area contributed by atoms with Gasteiger partial charge < -0.3 is 5.32 Å². The van der Waals surface area contributed by atoms with Crippen LogP contribution in [-0.4, -0.2) is 15.9 Å². The Morgan fingerprint density at radius 1 is 1.21 bits per heavy atom. The van der Waals surface area contributed by atoms with Gasteiger partial charge in [0.05, 0.1) is 0 Å². The molecule has 0 saturated heterocycles. The van der Waals surface area contributed by atoms with Gasteiger partial charge in [-0.15, -0.1) is 0 Å². The van der Waals surface area contributed by atoms with Crippen LogP contribution in [0.15, 0.2) is 0 Å². The maximum Gasteiger partial charge on any atom is 0.202 e. The normalized spacial score (nSPS) is 24.4. The van der Waals surface area contributed by atoms with E-state index in [1.54, 1.807) is 0 Å². The third-order valence-corrected chi connectivity index (χ3v) is 4.73. The summed E-state index contributed by atoms with van der Waals surface area (Å²) in [6.07, 6.45) is 6.92. The van der Waals surface area contributed by atoms with Crippen molar-refractivity contribution < 1.29 is 0 Å². The Balaban J connectivity index is 1.72. The summed E-state index contributed by atoms with van der Waals surface area (Å²) in [6.45, 7) is 9.88. The molecule has 19 heavy (non-hydrogen) atoms. The van der Waals surface area contributed by atoms with E-state index in [0.29, 0.717) is 0 Å². The molecule has 1 fully saturated rings. The first kappa shape index (κ1) is 14.8. The maximum absolute atomic E-state index is 4.57. The first-order chi connectivity index (χ1) is 8.95. The number of hydrogen-bond donors (Lipinski definition) is 1. The summed E-state index contributed by atoms with van der Waals surface area (Å²) in [4.78, 5) is 4.57. The van der Waals surface area contributed by atoms with E-state index in [1.165, 1.54) is 43.6 Å². The molecule has 1 aromatic heterocycles. The van der Waals surface area contributed by atoms with Crippen LogP contribution in [0.3, 0.4) is 0 Å². The molecule has 0 atom stereocenters. The van der Waals surface area contributed by atoms with Crippen molar-refractivity contribution in [3.63, 3.8) is 0 Å².